The third kappa shape index (κ3) is 5.96. The molecular formula is C28H28F2N4O4. The molecule has 0 spiro atoms. The molecule has 0 fully saturated rings. The molecule has 0 aliphatic carbocycles. The predicted octanol–water partition coefficient (Wildman–Crippen LogP) is 5.09. The van der Waals surface area contributed by atoms with Crippen LogP contribution in [-0.2, 0) is 4.79 Å². The Morgan fingerprint density at radius 3 is 2.53 bits per heavy atom. The van der Waals surface area contributed by atoms with Crippen molar-refractivity contribution in [2.24, 2.45) is 11.0 Å². The Kier molecular flexibility index (Phi) is 8.30. The number of rotatable bonds is 9. The fourth-order valence-corrected chi connectivity index (χ4v) is 4.24. The summed E-state index contributed by atoms with van der Waals surface area (Å²) in [5, 5.41) is 8.88. The van der Waals surface area contributed by atoms with Crippen LogP contribution in [0.15, 0.2) is 72.0 Å². The molecule has 1 N–H and O–H groups in total. The minimum atomic E-state index is -3.00. The van der Waals surface area contributed by atoms with Crippen LogP contribution in [-0.4, -0.2) is 41.2 Å². The van der Waals surface area contributed by atoms with Gasteiger partial charge < -0.3 is 14.8 Å². The van der Waals surface area contributed by atoms with Gasteiger partial charge in [0.2, 0.25) is 5.91 Å². The Labute approximate surface area is 219 Å². The van der Waals surface area contributed by atoms with Gasteiger partial charge in [0.25, 0.3) is 5.91 Å². The molecule has 0 bridgehead atoms. The monoisotopic (exact) mass is 522 g/mol. The van der Waals surface area contributed by atoms with Crippen molar-refractivity contribution in [3.8, 4) is 11.5 Å². The summed E-state index contributed by atoms with van der Waals surface area (Å²) >= 11 is 0. The second-order valence-electron chi connectivity index (χ2n) is 8.78. The summed E-state index contributed by atoms with van der Waals surface area (Å²) in [5.74, 6) is -0.952. The van der Waals surface area contributed by atoms with Gasteiger partial charge in [-0.15, -0.1) is 0 Å². The van der Waals surface area contributed by atoms with Crippen molar-refractivity contribution in [3.63, 3.8) is 0 Å². The van der Waals surface area contributed by atoms with Crippen molar-refractivity contribution in [2.45, 2.75) is 39.5 Å². The number of nitrogens with zero attached hydrogens (tertiary/aromatic N) is 3. The van der Waals surface area contributed by atoms with Crippen LogP contribution in [0.2, 0.25) is 0 Å². The van der Waals surface area contributed by atoms with Gasteiger partial charge in [-0.3, -0.25) is 14.6 Å². The molecule has 1 aromatic heterocycles. The number of hydrogen-bond donors (Lipinski definition) is 1. The van der Waals surface area contributed by atoms with Gasteiger partial charge in [-0.25, -0.2) is 5.01 Å². The Bertz CT molecular complexity index is 1320. The number of benzene rings is 2. The molecule has 2 heterocycles. The number of alkyl halides is 2. The molecule has 4 rings (SSSR count). The molecule has 0 saturated carbocycles. The molecule has 1 aliphatic heterocycles. The highest BCUT2D eigenvalue weighted by atomic mass is 19.3. The van der Waals surface area contributed by atoms with Gasteiger partial charge in [-0.05, 0) is 49.2 Å². The van der Waals surface area contributed by atoms with Gasteiger partial charge in [-0.2, -0.15) is 13.9 Å². The molecule has 198 valence electrons. The number of aryl methyl sites for hydroxylation is 1. The molecule has 0 saturated heterocycles. The fraction of sp³-hybridized carbons (Fsp3) is 0.286. The second-order valence-corrected chi connectivity index (χ2v) is 8.78. The van der Waals surface area contributed by atoms with Crippen molar-refractivity contribution in [1.82, 2.24) is 15.3 Å². The first kappa shape index (κ1) is 26.7. The zero-order valence-electron chi connectivity index (χ0n) is 21.2. The number of methoxy groups -OCH3 is 1. The number of pyridine rings is 1. The fourth-order valence-electron chi connectivity index (χ4n) is 4.24. The van der Waals surface area contributed by atoms with E-state index >= 15 is 0 Å². The third-order valence-corrected chi connectivity index (χ3v) is 6.25. The lowest BCUT2D eigenvalue weighted by atomic mass is 9.89. The summed E-state index contributed by atoms with van der Waals surface area (Å²) in [7, 11) is 1.35. The highest BCUT2D eigenvalue weighted by Crippen LogP contribution is 2.34. The van der Waals surface area contributed by atoms with Gasteiger partial charge in [0.15, 0.2) is 17.7 Å². The van der Waals surface area contributed by atoms with E-state index in [2.05, 4.69) is 15.0 Å². The van der Waals surface area contributed by atoms with Gasteiger partial charge in [0.05, 0.1) is 12.8 Å². The molecule has 38 heavy (non-hydrogen) atoms. The maximum absolute atomic E-state index is 13.4. The number of ether oxygens (including phenoxy) is 2. The number of aromatic nitrogens is 1. The summed E-state index contributed by atoms with van der Waals surface area (Å²) in [5.41, 5.74) is 3.03. The number of nitrogens with one attached hydrogen (secondary N) is 1. The third-order valence-electron chi connectivity index (χ3n) is 6.25. The highest BCUT2D eigenvalue weighted by Gasteiger charge is 2.35. The van der Waals surface area contributed by atoms with Crippen molar-refractivity contribution in [2.75, 3.05) is 7.11 Å². The summed E-state index contributed by atoms with van der Waals surface area (Å²) in [6.45, 7) is 0.875. The van der Waals surface area contributed by atoms with Crippen molar-refractivity contribution < 1.29 is 27.8 Å². The van der Waals surface area contributed by atoms with Gasteiger partial charge in [0.1, 0.15) is 5.69 Å². The summed E-state index contributed by atoms with van der Waals surface area (Å²) < 4.78 is 35.5. The second kappa shape index (κ2) is 11.8. The maximum atomic E-state index is 13.4. The van der Waals surface area contributed by atoms with Gasteiger partial charge in [-0.1, -0.05) is 42.8 Å². The van der Waals surface area contributed by atoms with E-state index in [1.54, 1.807) is 30.3 Å². The van der Waals surface area contributed by atoms with Crippen LogP contribution in [0.25, 0.3) is 0 Å². The number of hydrazone groups is 1. The molecular weight excluding hydrogens is 494 g/mol. The van der Waals surface area contributed by atoms with Crippen LogP contribution in [0.5, 0.6) is 11.5 Å². The van der Waals surface area contributed by atoms with E-state index in [9.17, 15) is 18.4 Å². The first-order chi connectivity index (χ1) is 18.3. The lowest BCUT2D eigenvalue weighted by molar-refractivity contribution is -0.135. The number of hydrogen-bond acceptors (Lipinski definition) is 6. The van der Waals surface area contributed by atoms with Crippen LogP contribution in [0, 0.1) is 12.8 Å². The number of amides is 2. The van der Waals surface area contributed by atoms with Crippen LogP contribution < -0.4 is 14.8 Å². The molecule has 8 nitrogen and oxygen atoms in total. The summed E-state index contributed by atoms with van der Waals surface area (Å²) in [6.07, 6.45) is 1.37. The summed E-state index contributed by atoms with van der Waals surface area (Å²) in [6, 6.07) is 16.9. The van der Waals surface area contributed by atoms with E-state index in [4.69, 9.17) is 9.84 Å². The average Bonchev–Trinajstić information content (AvgIpc) is 2.92. The minimum absolute atomic E-state index is 0.108. The molecule has 1 aliphatic rings. The quantitative estimate of drug-likeness (QED) is 0.423. The molecule has 3 aromatic rings. The SMILES string of the molecule is CCC1CC(=O)N(C(NC(=O)c2ccccn2)c2ccc(C)cc2)N=C1c1ccc(OC(F)F)c(OC)c1. The van der Waals surface area contributed by atoms with Crippen LogP contribution in [0.3, 0.4) is 0 Å². The van der Waals surface area contributed by atoms with Crippen molar-refractivity contribution in [1.29, 1.82) is 0 Å². The van der Waals surface area contributed by atoms with Crippen molar-refractivity contribution in [3.05, 3.63) is 89.2 Å². The topological polar surface area (TPSA) is 93.1 Å². The number of halogens is 2. The van der Waals surface area contributed by atoms with E-state index in [0.29, 0.717) is 23.3 Å². The van der Waals surface area contributed by atoms with E-state index in [1.807, 2.05) is 38.1 Å². The zero-order valence-corrected chi connectivity index (χ0v) is 21.2. The van der Waals surface area contributed by atoms with E-state index in [0.717, 1.165) is 5.56 Å². The Morgan fingerprint density at radius 1 is 1.13 bits per heavy atom. The number of carbonyl (C=O) groups is 2. The van der Waals surface area contributed by atoms with E-state index < -0.39 is 18.7 Å². The van der Waals surface area contributed by atoms with E-state index in [1.165, 1.54) is 24.4 Å². The largest absolute Gasteiger partial charge is 0.493 e. The highest BCUT2D eigenvalue weighted by molar-refractivity contribution is 6.06. The molecule has 10 heteroatoms. The first-order valence-electron chi connectivity index (χ1n) is 12.1. The Balaban J connectivity index is 1.77. The molecule has 0 radical (unpaired) electrons. The lowest BCUT2D eigenvalue weighted by Gasteiger charge is -2.35. The van der Waals surface area contributed by atoms with Crippen LogP contribution >= 0.6 is 0 Å². The Morgan fingerprint density at radius 2 is 1.89 bits per heavy atom. The summed E-state index contributed by atoms with van der Waals surface area (Å²) in [4.78, 5) is 30.5. The smallest absolute Gasteiger partial charge is 0.387 e. The predicted molar refractivity (Wildman–Crippen MR) is 137 cm³/mol. The van der Waals surface area contributed by atoms with Crippen LogP contribution in [0.1, 0.15) is 53.1 Å². The van der Waals surface area contributed by atoms with E-state index in [-0.39, 0.29) is 35.4 Å². The van der Waals surface area contributed by atoms with Crippen molar-refractivity contribution >= 4 is 17.5 Å². The molecule has 2 unspecified atom stereocenters. The maximum Gasteiger partial charge on any atom is 0.387 e. The standard InChI is InChI=1S/C28H28F2N4O4/c1-4-18-16-24(35)34(33-25(18)20-12-13-22(38-28(29)30)23(15-20)37-3)26(19-10-8-17(2)9-11-19)32-27(36)21-7-5-6-14-31-21/h5-15,18,26,28H,4,16H2,1-3H3,(H,32,36). The van der Waals surface area contributed by atoms with Gasteiger partial charge in [0, 0.05) is 24.1 Å². The average molecular weight is 523 g/mol. The Hall–Kier alpha value is -4.34. The van der Waals surface area contributed by atoms with Crippen LogP contribution in [0.4, 0.5) is 8.78 Å². The molecule has 2 amide bonds. The minimum Gasteiger partial charge on any atom is -0.493 e. The molecule has 2 atom stereocenters. The van der Waals surface area contributed by atoms with Gasteiger partial charge >= 0.3 is 6.61 Å². The molecule has 2 aromatic carbocycles. The first-order valence-corrected chi connectivity index (χ1v) is 12.1. The number of carbonyl (C=O) groups excluding carboxylic acids is 2. The normalized spacial score (nSPS) is 16.2. The zero-order chi connectivity index (χ0) is 27.2. The lowest BCUT2D eigenvalue weighted by Crippen LogP contribution is -2.46.